The van der Waals surface area contributed by atoms with E-state index in [0.717, 1.165) is 11.5 Å². The van der Waals surface area contributed by atoms with Crippen molar-refractivity contribution in [3.63, 3.8) is 0 Å². The predicted molar refractivity (Wildman–Crippen MR) is 88.6 cm³/mol. The van der Waals surface area contributed by atoms with E-state index in [1.54, 1.807) is 0 Å². The third kappa shape index (κ3) is 4.95. The maximum Gasteiger partial charge on any atom is 0.119 e. The minimum Gasteiger partial charge on any atom is -0.491 e. The summed E-state index contributed by atoms with van der Waals surface area (Å²) in [6.45, 7) is 3.14. The average molecular weight is 308 g/mol. The molecule has 116 valence electrons. The van der Waals surface area contributed by atoms with Crippen LogP contribution in [0.25, 0.3) is 0 Å². The number of rotatable bonds is 8. The van der Waals surface area contributed by atoms with Crippen molar-refractivity contribution in [1.29, 1.82) is 0 Å². The molecule has 1 aromatic carbocycles. The highest BCUT2D eigenvalue weighted by molar-refractivity contribution is 7.80. The molecule has 5 heteroatoms. The first-order chi connectivity index (χ1) is 9.97. The number of likely N-dealkylation sites (N-methyl/N-ethyl adjacent to an activating group) is 1. The van der Waals surface area contributed by atoms with Crippen molar-refractivity contribution in [2.45, 2.75) is 31.9 Å². The van der Waals surface area contributed by atoms with Crippen LogP contribution in [-0.2, 0) is 0 Å². The standard InChI is InChI=1S/C16H24N2O2S/c1-11(12-3-4-12)18(2)9-14(19)10-20-15-7-5-13(6-8-15)16(17)21/h5-8,11-12,14,19H,3-4,9-10H2,1-2H3,(H2,17,21). The zero-order valence-electron chi connectivity index (χ0n) is 12.7. The lowest BCUT2D eigenvalue weighted by Crippen LogP contribution is -2.39. The van der Waals surface area contributed by atoms with Gasteiger partial charge in [0.1, 0.15) is 23.4 Å². The summed E-state index contributed by atoms with van der Waals surface area (Å²) in [6, 6.07) is 7.82. The van der Waals surface area contributed by atoms with Crippen molar-refractivity contribution < 1.29 is 9.84 Å². The van der Waals surface area contributed by atoms with Gasteiger partial charge >= 0.3 is 0 Å². The van der Waals surface area contributed by atoms with Crippen LogP contribution in [0, 0.1) is 5.92 Å². The van der Waals surface area contributed by atoms with Crippen LogP contribution in [0.5, 0.6) is 5.75 Å². The van der Waals surface area contributed by atoms with Crippen LogP contribution in [0.3, 0.4) is 0 Å². The van der Waals surface area contributed by atoms with Crippen molar-refractivity contribution in [2.75, 3.05) is 20.2 Å². The third-order valence-electron chi connectivity index (χ3n) is 4.08. The molecule has 1 aliphatic carbocycles. The van der Waals surface area contributed by atoms with Crippen LogP contribution < -0.4 is 10.5 Å². The van der Waals surface area contributed by atoms with Crippen molar-refractivity contribution in [2.24, 2.45) is 11.7 Å². The van der Waals surface area contributed by atoms with Crippen LogP contribution in [-0.4, -0.2) is 47.3 Å². The highest BCUT2D eigenvalue weighted by Gasteiger charge is 2.30. The monoisotopic (exact) mass is 308 g/mol. The number of benzene rings is 1. The number of thiocarbonyl (C=S) groups is 1. The highest BCUT2D eigenvalue weighted by Crippen LogP contribution is 2.34. The highest BCUT2D eigenvalue weighted by atomic mass is 32.1. The summed E-state index contributed by atoms with van der Waals surface area (Å²) in [5, 5.41) is 10.1. The van der Waals surface area contributed by atoms with Crippen LogP contribution in [0.15, 0.2) is 24.3 Å². The summed E-state index contributed by atoms with van der Waals surface area (Å²) in [4.78, 5) is 2.58. The smallest absolute Gasteiger partial charge is 0.119 e. The van der Waals surface area contributed by atoms with Crippen LogP contribution in [0.4, 0.5) is 0 Å². The third-order valence-corrected chi connectivity index (χ3v) is 4.32. The first-order valence-electron chi connectivity index (χ1n) is 7.38. The normalized spacial score (nSPS) is 17.5. The van der Waals surface area contributed by atoms with E-state index in [2.05, 4.69) is 18.9 Å². The number of hydrogen-bond donors (Lipinski definition) is 2. The topological polar surface area (TPSA) is 58.7 Å². The summed E-state index contributed by atoms with van der Waals surface area (Å²) in [7, 11) is 2.06. The molecular formula is C16H24N2O2S. The lowest BCUT2D eigenvalue weighted by molar-refractivity contribution is 0.0623. The van der Waals surface area contributed by atoms with Gasteiger partial charge in [-0.25, -0.2) is 0 Å². The Hall–Kier alpha value is -1.17. The lowest BCUT2D eigenvalue weighted by atomic mass is 10.2. The molecule has 0 radical (unpaired) electrons. The van der Waals surface area contributed by atoms with Gasteiger partial charge in [0.05, 0.1) is 0 Å². The van der Waals surface area contributed by atoms with Gasteiger partial charge < -0.3 is 20.5 Å². The Morgan fingerprint density at radius 2 is 2.05 bits per heavy atom. The molecule has 3 N–H and O–H groups in total. The average Bonchev–Trinajstić information content (AvgIpc) is 3.29. The first-order valence-corrected chi connectivity index (χ1v) is 7.79. The van der Waals surface area contributed by atoms with Gasteiger partial charge in [0.2, 0.25) is 0 Å². The molecule has 0 bridgehead atoms. The van der Waals surface area contributed by atoms with Gasteiger partial charge in [-0.15, -0.1) is 0 Å². The Balaban J connectivity index is 1.75. The van der Waals surface area contributed by atoms with Gasteiger partial charge in [0, 0.05) is 18.2 Å². The quantitative estimate of drug-likeness (QED) is 0.717. The number of nitrogens with two attached hydrogens (primary N) is 1. The molecule has 0 heterocycles. The molecule has 4 nitrogen and oxygen atoms in total. The number of hydrogen-bond acceptors (Lipinski definition) is 4. The number of aliphatic hydroxyl groups is 1. The largest absolute Gasteiger partial charge is 0.491 e. The maximum absolute atomic E-state index is 10.1. The molecule has 1 fully saturated rings. The molecular weight excluding hydrogens is 284 g/mol. The van der Waals surface area contributed by atoms with Gasteiger partial charge in [-0.2, -0.15) is 0 Å². The van der Waals surface area contributed by atoms with E-state index >= 15 is 0 Å². The summed E-state index contributed by atoms with van der Waals surface area (Å²) in [6.07, 6.45) is 2.13. The molecule has 2 atom stereocenters. The van der Waals surface area contributed by atoms with Gasteiger partial charge in [-0.05, 0) is 57.0 Å². The van der Waals surface area contributed by atoms with Crippen molar-refractivity contribution in [1.82, 2.24) is 4.90 Å². The molecule has 1 saturated carbocycles. The number of aliphatic hydroxyl groups excluding tert-OH is 1. The maximum atomic E-state index is 10.1. The summed E-state index contributed by atoms with van der Waals surface area (Å²) in [5.41, 5.74) is 6.36. The number of ether oxygens (including phenoxy) is 1. The second-order valence-electron chi connectivity index (χ2n) is 5.87. The summed E-state index contributed by atoms with van der Waals surface area (Å²) >= 11 is 4.90. The summed E-state index contributed by atoms with van der Waals surface area (Å²) in [5.74, 6) is 1.52. The zero-order chi connectivity index (χ0) is 15.4. The first kappa shape index (κ1) is 16.2. The fourth-order valence-corrected chi connectivity index (χ4v) is 2.53. The van der Waals surface area contributed by atoms with Crippen LogP contribution in [0.1, 0.15) is 25.3 Å². The molecule has 0 saturated heterocycles. The fraction of sp³-hybridized carbons (Fsp3) is 0.562. The van der Waals surface area contributed by atoms with E-state index in [4.69, 9.17) is 22.7 Å². The molecule has 1 aliphatic rings. The Bertz CT molecular complexity index is 474. The Labute approximate surface area is 131 Å². The number of nitrogens with zero attached hydrogens (tertiary/aromatic N) is 1. The van der Waals surface area contributed by atoms with Gasteiger partial charge in [0.25, 0.3) is 0 Å². The molecule has 2 rings (SSSR count). The minimum absolute atomic E-state index is 0.286. The molecule has 0 aliphatic heterocycles. The molecule has 21 heavy (non-hydrogen) atoms. The van der Waals surface area contributed by atoms with Crippen molar-refractivity contribution >= 4 is 17.2 Å². The van der Waals surface area contributed by atoms with Crippen molar-refractivity contribution in [3.05, 3.63) is 29.8 Å². The van der Waals surface area contributed by atoms with Gasteiger partial charge in [0.15, 0.2) is 0 Å². The van der Waals surface area contributed by atoms with E-state index in [1.165, 1.54) is 12.8 Å². The molecule has 0 aromatic heterocycles. The molecule has 0 amide bonds. The van der Waals surface area contributed by atoms with Crippen molar-refractivity contribution in [3.8, 4) is 5.75 Å². The summed E-state index contributed by atoms with van der Waals surface area (Å²) < 4.78 is 5.60. The Kier molecular flexibility index (Phi) is 5.56. The van der Waals surface area contributed by atoms with Gasteiger partial charge in [-0.1, -0.05) is 12.2 Å². The second-order valence-corrected chi connectivity index (χ2v) is 6.31. The van der Waals surface area contributed by atoms with E-state index in [9.17, 15) is 5.11 Å². The van der Waals surface area contributed by atoms with E-state index in [0.29, 0.717) is 23.3 Å². The zero-order valence-corrected chi connectivity index (χ0v) is 13.5. The predicted octanol–water partition coefficient (Wildman–Crippen LogP) is 1.79. The van der Waals surface area contributed by atoms with E-state index in [1.807, 2.05) is 24.3 Å². The molecule has 0 spiro atoms. The Morgan fingerprint density at radius 1 is 1.43 bits per heavy atom. The SMILES string of the molecule is CC(C1CC1)N(C)CC(O)COc1ccc(C(N)=S)cc1. The van der Waals surface area contributed by atoms with E-state index < -0.39 is 6.10 Å². The van der Waals surface area contributed by atoms with E-state index in [-0.39, 0.29) is 6.61 Å². The second kappa shape index (κ2) is 7.20. The molecule has 2 unspecified atom stereocenters. The Morgan fingerprint density at radius 3 is 2.57 bits per heavy atom. The molecule has 1 aromatic rings. The minimum atomic E-state index is -0.494. The van der Waals surface area contributed by atoms with Crippen LogP contribution >= 0.6 is 12.2 Å². The lowest BCUT2D eigenvalue weighted by Gasteiger charge is -2.26. The van der Waals surface area contributed by atoms with Crippen LogP contribution in [0.2, 0.25) is 0 Å². The van der Waals surface area contributed by atoms with Gasteiger partial charge in [-0.3, -0.25) is 0 Å². The fourth-order valence-electron chi connectivity index (χ4n) is 2.40.